The Balaban J connectivity index is 1.23. The number of hydrogen-bond acceptors (Lipinski definition) is 3. The van der Waals surface area contributed by atoms with Gasteiger partial charge in [0, 0.05) is 53.5 Å². The normalized spacial score (nSPS) is 12.2. The van der Waals surface area contributed by atoms with Gasteiger partial charge in [-0.3, -0.25) is 4.57 Å². The maximum atomic E-state index is 6.63. The van der Waals surface area contributed by atoms with E-state index >= 15 is 0 Å². The number of fused-ring (bicyclic) bond motifs is 13. The van der Waals surface area contributed by atoms with Crippen LogP contribution in [-0.2, 0) is 0 Å². The molecule has 0 aliphatic carbocycles. The van der Waals surface area contributed by atoms with Crippen LogP contribution in [0.5, 0.6) is 0 Å². The minimum absolute atomic E-state index is 0.888. The number of furan rings is 1. The first-order valence-electron chi connectivity index (χ1n) is 14.5. The highest BCUT2D eigenvalue weighted by Gasteiger charge is 2.22. The van der Waals surface area contributed by atoms with Gasteiger partial charge >= 0.3 is 0 Å². The molecule has 0 N–H and O–H groups in total. The summed E-state index contributed by atoms with van der Waals surface area (Å²) in [5.41, 5.74) is 6.35. The number of hydrogen-bond donors (Lipinski definition) is 0. The second-order valence-corrected chi connectivity index (χ2v) is 12.2. The molecular weight excluding hydrogens is 545 g/mol. The van der Waals surface area contributed by atoms with Gasteiger partial charge in [-0.05, 0) is 47.3 Å². The molecule has 0 amide bonds. The van der Waals surface area contributed by atoms with Gasteiger partial charge in [-0.1, -0.05) is 91.0 Å². The van der Waals surface area contributed by atoms with Crippen LogP contribution in [0, 0.1) is 0 Å². The van der Waals surface area contributed by atoms with Crippen molar-refractivity contribution in [1.29, 1.82) is 0 Å². The molecule has 0 fully saturated rings. The van der Waals surface area contributed by atoms with Crippen molar-refractivity contribution >= 4 is 86.0 Å². The van der Waals surface area contributed by atoms with E-state index in [4.69, 9.17) is 9.40 Å². The molecule has 4 aromatic heterocycles. The molecule has 4 heterocycles. The number of thiophene rings is 1. The van der Waals surface area contributed by atoms with Crippen LogP contribution in [0.15, 0.2) is 138 Å². The van der Waals surface area contributed by atoms with E-state index in [9.17, 15) is 0 Å². The zero-order valence-corrected chi connectivity index (χ0v) is 23.7. The Morgan fingerprint density at radius 1 is 0.535 bits per heavy atom. The van der Waals surface area contributed by atoms with Gasteiger partial charge in [-0.15, -0.1) is 11.3 Å². The maximum Gasteiger partial charge on any atom is 0.146 e. The smallest absolute Gasteiger partial charge is 0.146 e. The van der Waals surface area contributed by atoms with Crippen molar-refractivity contribution in [3.63, 3.8) is 0 Å². The largest absolute Gasteiger partial charge is 0.455 e. The van der Waals surface area contributed by atoms with Crippen LogP contribution < -0.4 is 0 Å². The molecule has 200 valence electrons. The molecule has 0 aliphatic heterocycles. The molecule has 0 aliphatic rings. The SMILES string of the molecule is c1ccc2c(c1)oc1c2c2ccccc2c2c1c1ccccc1n2-c1ccc(-c2ccc3c(c2)sc2ccccc23)cn1. The van der Waals surface area contributed by atoms with Crippen LogP contribution in [0.3, 0.4) is 0 Å². The Labute approximate surface area is 249 Å². The Kier molecular flexibility index (Phi) is 4.60. The summed E-state index contributed by atoms with van der Waals surface area (Å²) in [6, 6.07) is 45.3. The summed E-state index contributed by atoms with van der Waals surface area (Å²) < 4.78 is 11.6. The molecule has 0 atom stereocenters. The van der Waals surface area contributed by atoms with E-state index in [0.29, 0.717) is 0 Å². The van der Waals surface area contributed by atoms with E-state index in [1.54, 1.807) is 0 Å². The molecule has 10 rings (SSSR count). The van der Waals surface area contributed by atoms with Crippen molar-refractivity contribution in [1.82, 2.24) is 9.55 Å². The van der Waals surface area contributed by atoms with Crippen LogP contribution >= 0.6 is 11.3 Å². The number of para-hydroxylation sites is 2. The maximum absolute atomic E-state index is 6.63. The molecule has 43 heavy (non-hydrogen) atoms. The van der Waals surface area contributed by atoms with Gasteiger partial charge in [0.15, 0.2) is 0 Å². The minimum atomic E-state index is 0.888. The number of benzene rings is 6. The fourth-order valence-corrected chi connectivity index (χ4v) is 8.10. The Morgan fingerprint density at radius 2 is 1.23 bits per heavy atom. The fourth-order valence-electron chi connectivity index (χ4n) is 6.95. The summed E-state index contributed by atoms with van der Waals surface area (Å²) in [6.45, 7) is 0. The van der Waals surface area contributed by atoms with Crippen LogP contribution in [0.25, 0.3) is 91.6 Å². The average Bonchev–Trinajstić information content (AvgIpc) is 3.74. The van der Waals surface area contributed by atoms with Gasteiger partial charge in [0.25, 0.3) is 0 Å². The van der Waals surface area contributed by atoms with Gasteiger partial charge in [-0.25, -0.2) is 4.98 Å². The number of rotatable bonds is 2. The van der Waals surface area contributed by atoms with E-state index in [-0.39, 0.29) is 0 Å². The van der Waals surface area contributed by atoms with Gasteiger partial charge < -0.3 is 4.42 Å². The standard InChI is InChI=1S/C39H22N2OS/c1-2-11-28-27(10-1)36-30-13-4-7-15-32(30)42-39(36)37-29-12-3-6-14-31(29)41(38(28)37)35-20-18-24(22-40-35)23-17-19-26-25-9-5-8-16-33(25)43-34(26)21-23/h1-22H. The van der Waals surface area contributed by atoms with Gasteiger partial charge in [-0.2, -0.15) is 0 Å². The molecule has 0 saturated heterocycles. The first-order chi connectivity index (χ1) is 21.3. The van der Waals surface area contributed by atoms with Crippen molar-refractivity contribution in [3.05, 3.63) is 134 Å². The summed E-state index contributed by atoms with van der Waals surface area (Å²) in [5, 5.41) is 9.60. The third kappa shape index (κ3) is 3.16. The number of aromatic nitrogens is 2. The third-order valence-corrected chi connectivity index (χ3v) is 9.97. The van der Waals surface area contributed by atoms with Crippen LogP contribution in [0.4, 0.5) is 0 Å². The second kappa shape index (κ2) is 8.54. The van der Waals surface area contributed by atoms with Crippen molar-refractivity contribution < 1.29 is 4.42 Å². The van der Waals surface area contributed by atoms with Crippen molar-refractivity contribution in [2.24, 2.45) is 0 Å². The van der Waals surface area contributed by atoms with Crippen molar-refractivity contribution in [2.45, 2.75) is 0 Å². The first-order valence-corrected chi connectivity index (χ1v) is 15.3. The molecule has 0 spiro atoms. The topological polar surface area (TPSA) is 31.0 Å². The van der Waals surface area contributed by atoms with Crippen molar-refractivity contribution in [3.8, 4) is 16.9 Å². The van der Waals surface area contributed by atoms with Crippen LogP contribution in [0.2, 0.25) is 0 Å². The number of nitrogens with zero attached hydrogens (tertiary/aromatic N) is 2. The summed E-state index contributed by atoms with van der Waals surface area (Å²) >= 11 is 1.84. The average molecular weight is 567 g/mol. The lowest BCUT2D eigenvalue weighted by molar-refractivity contribution is 0.673. The molecule has 0 unspecified atom stereocenters. The fraction of sp³-hybridized carbons (Fsp3) is 0. The lowest BCUT2D eigenvalue weighted by Gasteiger charge is -2.11. The monoisotopic (exact) mass is 566 g/mol. The predicted molar refractivity (Wildman–Crippen MR) is 182 cm³/mol. The molecule has 0 bridgehead atoms. The third-order valence-electron chi connectivity index (χ3n) is 8.84. The summed E-state index contributed by atoms with van der Waals surface area (Å²) in [7, 11) is 0. The van der Waals surface area contributed by atoms with Crippen LogP contribution in [-0.4, -0.2) is 9.55 Å². The highest BCUT2D eigenvalue weighted by atomic mass is 32.1. The Hall–Kier alpha value is -5.45. The zero-order chi connectivity index (χ0) is 28.1. The summed E-state index contributed by atoms with van der Waals surface area (Å²) in [4.78, 5) is 5.09. The van der Waals surface area contributed by atoms with E-state index in [0.717, 1.165) is 49.7 Å². The summed E-state index contributed by atoms with van der Waals surface area (Å²) in [5.74, 6) is 0.888. The molecule has 6 aromatic carbocycles. The van der Waals surface area contributed by atoms with E-state index in [1.807, 2.05) is 23.6 Å². The highest BCUT2D eigenvalue weighted by Crippen LogP contribution is 2.45. The molecular formula is C39H22N2OS. The lowest BCUT2D eigenvalue weighted by Crippen LogP contribution is -1.98. The molecule has 10 aromatic rings. The molecule has 0 radical (unpaired) electrons. The van der Waals surface area contributed by atoms with E-state index < -0.39 is 0 Å². The zero-order valence-electron chi connectivity index (χ0n) is 22.9. The van der Waals surface area contributed by atoms with E-state index in [2.05, 4.69) is 126 Å². The van der Waals surface area contributed by atoms with Crippen LogP contribution in [0.1, 0.15) is 0 Å². The lowest BCUT2D eigenvalue weighted by atomic mass is 9.99. The van der Waals surface area contributed by atoms with E-state index in [1.165, 1.54) is 41.9 Å². The van der Waals surface area contributed by atoms with Gasteiger partial charge in [0.05, 0.1) is 16.4 Å². The molecule has 3 nitrogen and oxygen atoms in total. The second-order valence-electron chi connectivity index (χ2n) is 11.1. The Morgan fingerprint density at radius 3 is 2.09 bits per heavy atom. The van der Waals surface area contributed by atoms with Gasteiger partial charge in [0.2, 0.25) is 0 Å². The summed E-state index contributed by atoms with van der Waals surface area (Å²) in [6.07, 6.45) is 2.01. The predicted octanol–water partition coefficient (Wildman–Crippen LogP) is 11.3. The first kappa shape index (κ1) is 23.1. The Bertz CT molecular complexity index is 2730. The quantitative estimate of drug-likeness (QED) is 0.208. The molecule has 4 heteroatoms. The highest BCUT2D eigenvalue weighted by molar-refractivity contribution is 7.25. The molecule has 0 saturated carbocycles. The minimum Gasteiger partial charge on any atom is -0.455 e. The number of pyridine rings is 1. The van der Waals surface area contributed by atoms with Crippen molar-refractivity contribution in [2.75, 3.05) is 0 Å². The van der Waals surface area contributed by atoms with Gasteiger partial charge in [0.1, 0.15) is 17.0 Å².